The Bertz CT molecular complexity index is 700. The van der Waals surface area contributed by atoms with Gasteiger partial charge in [-0.1, -0.05) is 6.92 Å². The number of aromatic amines is 1. The molecule has 22 heavy (non-hydrogen) atoms. The predicted molar refractivity (Wildman–Crippen MR) is 83.3 cm³/mol. The van der Waals surface area contributed by atoms with Crippen molar-refractivity contribution in [2.75, 3.05) is 6.61 Å². The zero-order valence-corrected chi connectivity index (χ0v) is 12.8. The van der Waals surface area contributed by atoms with Crippen LogP contribution in [0.4, 0.5) is 5.69 Å². The summed E-state index contributed by atoms with van der Waals surface area (Å²) in [6.07, 6.45) is 3.60. The summed E-state index contributed by atoms with van der Waals surface area (Å²) >= 11 is 1.38. The second kappa shape index (κ2) is 7.60. The molecular weight excluding hydrogens is 306 g/mol. The summed E-state index contributed by atoms with van der Waals surface area (Å²) in [5, 5.41) is 11.2. The molecule has 0 aliphatic carbocycles. The van der Waals surface area contributed by atoms with Crippen molar-refractivity contribution in [2.24, 2.45) is 0 Å². The van der Waals surface area contributed by atoms with Crippen molar-refractivity contribution in [2.45, 2.75) is 24.1 Å². The second-order valence-electron chi connectivity index (χ2n) is 4.44. The number of pyridine rings is 2. The van der Waals surface area contributed by atoms with E-state index in [1.54, 1.807) is 12.3 Å². The lowest BCUT2D eigenvalue weighted by atomic mass is 10.3. The summed E-state index contributed by atoms with van der Waals surface area (Å²) in [7, 11) is 0. The van der Waals surface area contributed by atoms with Crippen LogP contribution in [0, 0.1) is 10.1 Å². The number of aromatic nitrogens is 2. The SMILES string of the molecule is CCCOc1c[nH]c(CSc2ccc([N+](=O)[O-])cn2)cc1=O. The molecule has 0 fully saturated rings. The van der Waals surface area contributed by atoms with Crippen LogP contribution in [0.2, 0.25) is 0 Å². The molecule has 7 nitrogen and oxygen atoms in total. The normalized spacial score (nSPS) is 10.4. The lowest BCUT2D eigenvalue weighted by Crippen LogP contribution is -2.09. The maximum absolute atomic E-state index is 11.8. The maximum Gasteiger partial charge on any atom is 0.287 e. The summed E-state index contributed by atoms with van der Waals surface area (Å²) < 4.78 is 5.31. The van der Waals surface area contributed by atoms with Gasteiger partial charge in [-0.25, -0.2) is 4.98 Å². The van der Waals surface area contributed by atoms with Crippen molar-refractivity contribution in [1.29, 1.82) is 0 Å². The minimum Gasteiger partial charge on any atom is -0.488 e. The van der Waals surface area contributed by atoms with Crippen molar-refractivity contribution >= 4 is 17.4 Å². The van der Waals surface area contributed by atoms with Crippen molar-refractivity contribution in [1.82, 2.24) is 9.97 Å². The molecule has 0 aromatic carbocycles. The Morgan fingerprint density at radius 3 is 2.86 bits per heavy atom. The van der Waals surface area contributed by atoms with E-state index in [9.17, 15) is 14.9 Å². The van der Waals surface area contributed by atoms with Gasteiger partial charge in [0.05, 0.1) is 16.6 Å². The van der Waals surface area contributed by atoms with Crippen LogP contribution in [-0.2, 0) is 5.75 Å². The molecular formula is C14H15N3O4S. The number of hydrogen-bond donors (Lipinski definition) is 1. The summed E-state index contributed by atoms with van der Waals surface area (Å²) in [5.41, 5.74) is 0.522. The summed E-state index contributed by atoms with van der Waals surface area (Å²) in [6, 6.07) is 4.47. The lowest BCUT2D eigenvalue weighted by molar-refractivity contribution is -0.385. The molecule has 2 rings (SSSR count). The molecule has 116 valence electrons. The fraction of sp³-hybridized carbons (Fsp3) is 0.286. The van der Waals surface area contributed by atoms with Gasteiger partial charge in [-0.3, -0.25) is 14.9 Å². The minimum atomic E-state index is -0.492. The van der Waals surface area contributed by atoms with Crippen LogP contribution in [0.15, 0.2) is 40.4 Å². The Hall–Kier alpha value is -2.35. The molecule has 0 radical (unpaired) electrons. The summed E-state index contributed by atoms with van der Waals surface area (Å²) in [5.74, 6) is 0.817. The lowest BCUT2D eigenvalue weighted by Gasteiger charge is -2.05. The van der Waals surface area contributed by atoms with Gasteiger partial charge < -0.3 is 9.72 Å². The van der Waals surface area contributed by atoms with E-state index in [1.807, 2.05) is 6.92 Å². The molecule has 2 aromatic rings. The van der Waals surface area contributed by atoms with Crippen LogP contribution in [0.25, 0.3) is 0 Å². The minimum absolute atomic E-state index is 0.0461. The first kappa shape index (κ1) is 16.0. The molecule has 0 aliphatic heterocycles. The van der Waals surface area contributed by atoms with E-state index in [0.29, 0.717) is 23.1 Å². The van der Waals surface area contributed by atoms with Gasteiger partial charge in [0.25, 0.3) is 5.69 Å². The van der Waals surface area contributed by atoms with Crippen molar-refractivity contribution in [3.05, 3.63) is 56.6 Å². The van der Waals surface area contributed by atoms with E-state index in [-0.39, 0.29) is 11.1 Å². The van der Waals surface area contributed by atoms with Gasteiger partial charge in [0.2, 0.25) is 5.43 Å². The fourth-order valence-corrected chi connectivity index (χ4v) is 2.39. The number of ether oxygens (including phenoxy) is 1. The molecule has 0 atom stereocenters. The molecule has 0 bridgehead atoms. The average molecular weight is 321 g/mol. The highest BCUT2D eigenvalue weighted by molar-refractivity contribution is 7.98. The predicted octanol–water partition coefficient (Wildman–Crippen LogP) is 2.76. The molecule has 8 heteroatoms. The highest BCUT2D eigenvalue weighted by Gasteiger charge is 2.07. The van der Waals surface area contributed by atoms with E-state index in [2.05, 4.69) is 9.97 Å². The Labute approximate surface area is 130 Å². The van der Waals surface area contributed by atoms with Crippen molar-refractivity contribution in [3.8, 4) is 5.75 Å². The Morgan fingerprint density at radius 1 is 1.45 bits per heavy atom. The molecule has 0 aliphatic rings. The van der Waals surface area contributed by atoms with Crippen LogP contribution >= 0.6 is 11.8 Å². The van der Waals surface area contributed by atoms with E-state index in [4.69, 9.17) is 4.74 Å². The van der Waals surface area contributed by atoms with Gasteiger partial charge in [-0.2, -0.15) is 0 Å². The van der Waals surface area contributed by atoms with Gasteiger partial charge in [-0.05, 0) is 12.5 Å². The zero-order valence-electron chi connectivity index (χ0n) is 11.9. The van der Waals surface area contributed by atoms with E-state index < -0.39 is 4.92 Å². The van der Waals surface area contributed by atoms with Gasteiger partial charge in [0.15, 0.2) is 5.75 Å². The van der Waals surface area contributed by atoms with Gasteiger partial charge in [0, 0.05) is 29.8 Å². The molecule has 1 N–H and O–H groups in total. The number of nitro groups is 1. The number of hydrogen-bond acceptors (Lipinski definition) is 6. The van der Waals surface area contributed by atoms with E-state index >= 15 is 0 Å². The molecule has 2 aromatic heterocycles. The molecule has 0 saturated carbocycles. The number of rotatable bonds is 7. The molecule has 2 heterocycles. The Balaban J connectivity index is 1.98. The third kappa shape index (κ3) is 4.32. The van der Waals surface area contributed by atoms with E-state index in [1.165, 1.54) is 30.1 Å². The van der Waals surface area contributed by atoms with Gasteiger partial charge in [0.1, 0.15) is 6.20 Å². The zero-order chi connectivity index (χ0) is 15.9. The van der Waals surface area contributed by atoms with Crippen LogP contribution in [0.3, 0.4) is 0 Å². The van der Waals surface area contributed by atoms with Crippen molar-refractivity contribution < 1.29 is 9.66 Å². The monoisotopic (exact) mass is 321 g/mol. The first-order valence-corrected chi connectivity index (χ1v) is 7.66. The standard InChI is InChI=1S/C14H15N3O4S/c1-2-5-21-13-8-15-10(6-12(13)18)9-22-14-4-3-11(7-16-14)17(19)20/h3-4,6-8H,2,5,9H2,1H3,(H,15,18). The average Bonchev–Trinajstić information content (AvgIpc) is 2.52. The van der Waals surface area contributed by atoms with Gasteiger partial charge >= 0.3 is 0 Å². The first-order valence-electron chi connectivity index (χ1n) is 6.68. The maximum atomic E-state index is 11.8. The highest BCUT2D eigenvalue weighted by Crippen LogP contribution is 2.21. The third-order valence-electron chi connectivity index (χ3n) is 2.71. The molecule has 0 saturated heterocycles. The fourth-order valence-electron chi connectivity index (χ4n) is 1.63. The largest absolute Gasteiger partial charge is 0.488 e. The van der Waals surface area contributed by atoms with E-state index in [0.717, 1.165) is 12.1 Å². The number of nitrogens with zero attached hydrogens (tertiary/aromatic N) is 2. The molecule has 0 amide bonds. The second-order valence-corrected chi connectivity index (χ2v) is 5.43. The smallest absolute Gasteiger partial charge is 0.287 e. The number of nitrogens with one attached hydrogen (secondary N) is 1. The first-order chi connectivity index (χ1) is 10.6. The summed E-state index contributed by atoms with van der Waals surface area (Å²) in [4.78, 5) is 28.9. The quantitative estimate of drug-likeness (QED) is 0.478. The Morgan fingerprint density at radius 2 is 2.27 bits per heavy atom. The van der Waals surface area contributed by atoms with Crippen LogP contribution < -0.4 is 10.2 Å². The highest BCUT2D eigenvalue weighted by atomic mass is 32.2. The van der Waals surface area contributed by atoms with Crippen LogP contribution in [0.5, 0.6) is 5.75 Å². The molecule has 0 unspecified atom stereocenters. The topological polar surface area (TPSA) is 98.1 Å². The van der Waals surface area contributed by atoms with Crippen LogP contribution in [-0.4, -0.2) is 21.5 Å². The Kier molecular flexibility index (Phi) is 5.54. The number of thioether (sulfide) groups is 1. The number of H-pyrrole nitrogens is 1. The van der Waals surface area contributed by atoms with Crippen molar-refractivity contribution in [3.63, 3.8) is 0 Å². The summed E-state index contributed by atoms with van der Waals surface area (Å²) in [6.45, 7) is 2.47. The van der Waals surface area contributed by atoms with Gasteiger partial charge in [-0.15, -0.1) is 11.8 Å². The third-order valence-corrected chi connectivity index (χ3v) is 3.70. The van der Waals surface area contributed by atoms with Crippen LogP contribution in [0.1, 0.15) is 19.0 Å². The molecule has 0 spiro atoms.